The lowest BCUT2D eigenvalue weighted by Gasteiger charge is -2.10. The van der Waals surface area contributed by atoms with E-state index in [2.05, 4.69) is 20.8 Å². The second-order valence-electron chi connectivity index (χ2n) is 5.27. The van der Waals surface area contributed by atoms with Crippen molar-refractivity contribution < 1.29 is 0 Å². The SMILES string of the molecule is [CH2]C(CCCCC)CCCCCCCCC. The van der Waals surface area contributed by atoms with Gasteiger partial charge in [-0.1, -0.05) is 97.8 Å². The molecule has 0 aromatic heterocycles. The van der Waals surface area contributed by atoms with Crippen LogP contribution >= 0.6 is 0 Å². The second-order valence-corrected chi connectivity index (χ2v) is 5.27. The zero-order valence-corrected chi connectivity index (χ0v) is 11.8. The summed E-state index contributed by atoms with van der Waals surface area (Å²) in [7, 11) is 0. The van der Waals surface area contributed by atoms with Crippen LogP contribution in [-0.2, 0) is 0 Å². The number of rotatable bonds is 12. The summed E-state index contributed by atoms with van der Waals surface area (Å²) in [5.41, 5.74) is 0. The first-order chi connectivity index (χ1) is 7.81. The van der Waals surface area contributed by atoms with Gasteiger partial charge in [-0.2, -0.15) is 0 Å². The molecule has 1 atom stereocenters. The van der Waals surface area contributed by atoms with Crippen LogP contribution < -0.4 is 0 Å². The van der Waals surface area contributed by atoms with Gasteiger partial charge in [0.2, 0.25) is 0 Å². The fourth-order valence-corrected chi connectivity index (χ4v) is 2.22. The Kier molecular flexibility index (Phi) is 13.1. The Bertz CT molecular complexity index is 117. The number of hydrogen-bond donors (Lipinski definition) is 0. The predicted octanol–water partition coefficient (Wildman–Crippen LogP) is 6.16. The standard InChI is InChI=1S/C16H33/c1-4-6-8-9-10-11-13-15-16(3)14-12-7-5-2/h16H,3-15H2,1-2H3. The molecule has 0 bridgehead atoms. The maximum atomic E-state index is 4.26. The van der Waals surface area contributed by atoms with Gasteiger partial charge < -0.3 is 0 Å². The van der Waals surface area contributed by atoms with Crippen LogP contribution in [0.5, 0.6) is 0 Å². The van der Waals surface area contributed by atoms with Crippen LogP contribution in [0, 0.1) is 12.8 Å². The average molecular weight is 225 g/mol. The Labute approximate surface area is 104 Å². The maximum absolute atomic E-state index is 4.26. The van der Waals surface area contributed by atoms with Gasteiger partial charge in [0, 0.05) is 0 Å². The van der Waals surface area contributed by atoms with Crippen LogP contribution in [-0.4, -0.2) is 0 Å². The van der Waals surface area contributed by atoms with E-state index in [-0.39, 0.29) is 0 Å². The largest absolute Gasteiger partial charge is 0.0654 e. The van der Waals surface area contributed by atoms with Gasteiger partial charge in [-0.3, -0.25) is 0 Å². The van der Waals surface area contributed by atoms with E-state index in [0.717, 1.165) is 5.92 Å². The molecule has 97 valence electrons. The molecule has 0 amide bonds. The minimum absolute atomic E-state index is 0.724. The Morgan fingerprint density at radius 2 is 1.00 bits per heavy atom. The van der Waals surface area contributed by atoms with Gasteiger partial charge >= 0.3 is 0 Å². The lowest BCUT2D eigenvalue weighted by molar-refractivity contribution is 0.469. The zero-order valence-electron chi connectivity index (χ0n) is 11.8. The highest BCUT2D eigenvalue weighted by Gasteiger charge is 2.01. The molecule has 0 aliphatic heterocycles. The Morgan fingerprint density at radius 3 is 1.56 bits per heavy atom. The first kappa shape index (κ1) is 16.0. The van der Waals surface area contributed by atoms with Crippen molar-refractivity contribution in [1.82, 2.24) is 0 Å². The molecule has 0 aromatic carbocycles. The summed E-state index contributed by atoms with van der Waals surface area (Å²) in [5, 5.41) is 0. The Hall–Kier alpha value is 0. The van der Waals surface area contributed by atoms with E-state index in [1.807, 2.05) is 0 Å². The van der Waals surface area contributed by atoms with Gasteiger partial charge in [0.05, 0.1) is 0 Å². The molecule has 0 fully saturated rings. The molecule has 0 rings (SSSR count). The third-order valence-electron chi connectivity index (χ3n) is 3.43. The fraction of sp³-hybridized carbons (Fsp3) is 0.938. The first-order valence-corrected chi connectivity index (χ1v) is 7.64. The van der Waals surface area contributed by atoms with Gasteiger partial charge in [0.15, 0.2) is 0 Å². The van der Waals surface area contributed by atoms with E-state index in [4.69, 9.17) is 0 Å². The summed E-state index contributed by atoms with van der Waals surface area (Å²) >= 11 is 0. The molecule has 0 aliphatic rings. The lowest BCUT2D eigenvalue weighted by atomic mass is 9.96. The van der Waals surface area contributed by atoms with Crippen LogP contribution in [0.2, 0.25) is 0 Å². The highest BCUT2D eigenvalue weighted by Crippen LogP contribution is 2.17. The smallest absolute Gasteiger partial charge is 0.0414 e. The third-order valence-corrected chi connectivity index (χ3v) is 3.43. The highest BCUT2D eigenvalue weighted by atomic mass is 14.1. The lowest BCUT2D eigenvalue weighted by Crippen LogP contribution is -1.95. The van der Waals surface area contributed by atoms with Gasteiger partial charge in [-0.25, -0.2) is 0 Å². The maximum Gasteiger partial charge on any atom is -0.0414 e. The van der Waals surface area contributed by atoms with Crippen molar-refractivity contribution in [3.8, 4) is 0 Å². The van der Waals surface area contributed by atoms with E-state index < -0.39 is 0 Å². The van der Waals surface area contributed by atoms with Crippen LogP contribution in [0.4, 0.5) is 0 Å². The summed E-state index contributed by atoms with van der Waals surface area (Å²) in [6.07, 6.45) is 16.8. The average Bonchev–Trinajstić information content (AvgIpc) is 2.28. The second kappa shape index (κ2) is 13.1. The van der Waals surface area contributed by atoms with Crippen molar-refractivity contribution >= 4 is 0 Å². The van der Waals surface area contributed by atoms with Crippen molar-refractivity contribution in [1.29, 1.82) is 0 Å². The van der Waals surface area contributed by atoms with Gasteiger partial charge in [0.1, 0.15) is 0 Å². The predicted molar refractivity (Wildman–Crippen MR) is 75.6 cm³/mol. The van der Waals surface area contributed by atoms with Crippen LogP contribution in [0.3, 0.4) is 0 Å². The topological polar surface area (TPSA) is 0 Å². The molecular formula is C16H33. The van der Waals surface area contributed by atoms with E-state index in [1.54, 1.807) is 0 Å². The molecule has 0 N–H and O–H groups in total. The van der Waals surface area contributed by atoms with Gasteiger partial charge in [-0.05, 0) is 5.92 Å². The number of hydrogen-bond acceptors (Lipinski definition) is 0. The summed E-state index contributed by atoms with van der Waals surface area (Å²) in [6.45, 7) is 8.81. The minimum Gasteiger partial charge on any atom is -0.0654 e. The van der Waals surface area contributed by atoms with E-state index >= 15 is 0 Å². The monoisotopic (exact) mass is 225 g/mol. The van der Waals surface area contributed by atoms with Crippen molar-refractivity contribution in [3.05, 3.63) is 6.92 Å². The van der Waals surface area contributed by atoms with E-state index in [0.29, 0.717) is 0 Å². The minimum atomic E-state index is 0.724. The molecule has 1 radical (unpaired) electrons. The number of unbranched alkanes of at least 4 members (excludes halogenated alkanes) is 8. The van der Waals surface area contributed by atoms with E-state index in [9.17, 15) is 0 Å². The van der Waals surface area contributed by atoms with Crippen LogP contribution in [0.1, 0.15) is 90.9 Å². The van der Waals surface area contributed by atoms with Crippen molar-refractivity contribution in [2.75, 3.05) is 0 Å². The molecule has 0 saturated carbocycles. The molecule has 0 heterocycles. The highest BCUT2D eigenvalue weighted by molar-refractivity contribution is 4.61. The van der Waals surface area contributed by atoms with Gasteiger partial charge in [-0.15, -0.1) is 0 Å². The van der Waals surface area contributed by atoms with Crippen LogP contribution in [0.25, 0.3) is 0 Å². The Morgan fingerprint density at radius 1 is 0.625 bits per heavy atom. The molecule has 0 heteroatoms. The van der Waals surface area contributed by atoms with E-state index in [1.165, 1.54) is 77.0 Å². The van der Waals surface area contributed by atoms with Crippen LogP contribution in [0.15, 0.2) is 0 Å². The molecule has 0 saturated heterocycles. The molecule has 16 heavy (non-hydrogen) atoms. The fourth-order valence-electron chi connectivity index (χ4n) is 2.22. The summed E-state index contributed by atoms with van der Waals surface area (Å²) in [5.74, 6) is 0.724. The van der Waals surface area contributed by atoms with Crippen molar-refractivity contribution in [3.63, 3.8) is 0 Å². The molecule has 1 unspecified atom stereocenters. The molecule has 0 spiro atoms. The first-order valence-electron chi connectivity index (χ1n) is 7.64. The molecule has 0 nitrogen and oxygen atoms in total. The summed E-state index contributed by atoms with van der Waals surface area (Å²) in [6, 6.07) is 0. The van der Waals surface area contributed by atoms with Crippen molar-refractivity contribution in [2.45, 2.75) is 90.9 Å². The molecule has 0 aliphatic carbocycles. The third kappa shape index (κ3) is 12.1. The normalized spacial score (nSPS) is 12.9. The zero-order chi connectivity index (χ0) is 12.1. The molecule has 0 aromatic rings. The Balaban J connectivity index is 3.06. The van der Waals surface area contributed by atoms with Crippen molar-refractivity contribution in [2.24, 2.45) is 5.92 Å². The molecular weight excluding hydrogens is 192 g/mol. The van der Waals surface area contributed by atoms with Gasteiger partial charge in [0.25, 0.3) is 0 Å². The quantitative estimate of drug-likeness (QED) is 0.349. The summed E-state index contributed by atoms with van der Waals surface area (Å²) < 4.78 is 0. The summed E-state index contributed by atoms with van der Waals surface area (Å²) in [4.78, 5) is 0.